The van der Waals surface area contributed by atoms with Gasteiger partial charge < -0.3 is 9.67 Å². The number of hydrogen-bond acceptors (Lipinski definition) is 2. The minimum Gasteiger partial charge on any atom is -0.393 e. The molecule has 0 radical (unpaired) electrons. The Morgan fingerprint density at radius 2 is 2.00 bits per heavy atom. The van der Waals surface area contributed by atoms with Gasteiger partial charge in [0.2, 0.25) is 0 Å². The van der Waals surface area contributed by atoms with E-state index < -0.39 is 0 Å². The van der Waals surface area contributed by atoms with Crippen LogP contribution in [0, 0.1) is 0 Å². The molecule has 2 aromatic rings. The number of hydrogen-bond donors (Lipinski definition) is 1. The van der Waals surface area contributed by atoms with E-state index in [1.54, 1.807) is 0 Å². The van der Waals surface area contributed by atoms with E-state index in [9.17, 15) is 9.50 Å². The number of imidazole rings is 1. The average molecular weight is 351 g/mol. The van der Waals surface area contributed by atoms with Crippen LogP contribution in [0.15, 0.2) is 30.7 Å². The molecule has 0 saturated carbocycles. The Balaban J connectivity index is 1.60. The zero-order valence-electron chi connectivity index (χ0n) is 13.8. The molecule has 2 unspecified atom stereocenters. The van der Waals surface area contributed by atoms with Crippen molar-refractivity contribution in [2.75, 3.05) is 6.67 Å². The van der Waals surface area contributed by atoms with Crippen molar-refractivity contribution in [1.82, 2.24) is 9.55 Å². The first-order valence-corrected chi connectivity index (χ1v) is 9.14. The molecular weight excluding hydrogens is 327 g/mol. The third-order valence-corrected chi connectivity index (χ3v) is 5.16. The largest absolute Gasteiger partial charge is 0.393 e. The highest BCUT2D eigenvalue weighted by molar-refractivity contribution is 6.32. The first kappa shape index (κ1) is 17.4. The molecule has 1 aromatic carbocycles. The van der Waals surface area contributed by atoms with Crippen molar-refractivity contribution in [2.24, 2.45) is 0 Å². The Morgan fingerprint density at radius 3 is 2.83 bits per heavy atom. The zero-order valence-corrected chi connectivity index (χ0v) is 14.6. The number of aromatic nitrogens is 2. The standard InChI is InChI=1S/C19H24ClFN2O/c20-16-9-6-8-15-18-12-22-13-23(18)17(19(15)16)11-14(24)7-4-2-1-3-5-10-21/h6,8-9,12-14,17,24H,1-5,7,10-11H2. The number of aliphatic hydroxyl groups excluding tert-OH is 1. The Hall–Kier alpha value is -1.39. The summed E-state index contributed by atoms with van der Waals surface area (Å²) in [5.74, 6) is 0. The molecule has 0 fully saturated rings. The van der Waals surface area contributed by atoms with Gasteiger partial charge in [-0.2, -0.15) is 0 Å². The van der Waals surface area contributed by atoms with E-state index >= 15 is 0 Å². The van der Waals surface area contributed by atoms with Crippen molar-refractivity contribution >= 4 is 11.6 Å². The number of rotatable bonds is 9. The topological polar surface area (TPSA) is 38.1 Å². The molecule has 5 heteroatoms. The van der Waals surface area contributed by atoms with Crippen LogP contribution in [-0.2, 0) is 0 Å². The maximum Gasteiger partial charge on any atom is 0.0956 e. The van der Waals surface area contributed by atoms with Gasteiger partial charge >= 0.3 is 0 Å². The molecule has 0 saturated heterocycles. The van der Waals surface area contributed by atoms with Crippen molar-refractivity contribution in [3.05, 3.63) is 41.3 Å². The fraction of sp³-hybridized carbons (Fsp3) is 0.526. The summed E-state index contributed by atoms with van der Waals surface area (Å²) in [7, 11) is 0. The normalized spacial score (nSPS) is 16.9. The van der Waals surface area contributed by atoms with E-state index in [1.165, 1.54) is 0 Å². The van der Waals surface area contributed by atoms with E-state index in [1.807, 2.05) is 24.7 Å². The Kier molecular flexibility index (Phi) is 5.90. The number of benzene rings is 1. The van der Waals surface area contributed by atoms with Crippen LogP contribution in [0.3, 0.4) is 0 Å². The molecule has 3 nitrogen and oxygen atoms in total. The number of nitrogens with zero attached hydrogens (tertiary/aromatic N) is 2. The number of fused-ring (bicyclic) bond motifs is 3. The van der Waals surface area contributed by atoms with E-state index in [2.05, 4.69) is 15.6 Å². The smallest absolute Gasteiger partial charge is 0.0956 e. The van der Waals surface area contributed by atoms with Gasteiger partial charge in [0.1, 0.15) is 0 Å². The molecule has 2 atom stereocenters. The van der Waals surface area contributed by atoms with Gasteiger partial charge in [0.15, 0.2) is 0 Å². The third-order valence-electron chi connectivity index (χ3n) is 4.83. The molecule has 3 rings (SSSR count). The van der Waals surface area contributed by atoms with Crippen molar-refractivity contribution in [3.8, 4) is 11.3 Å². The highest BCUT2D eigenvalue weighted by atomic mass is 35.5. The summed E-state index contributed by atoms with van der Waals surface area (Å²) < 4.78 is 14.2. The number of unbranched alkanes of at least 4 members (excludes halogenated alkanes) is 4. The molecule has 2 heterocycles. The van der Waals surface area contributed by atoms with Gasteiger partial charge in [-0.05, 0) is 25.3 Å². The summed E-state index contributed by atoms with van der Waals surface area (Å²) >= 11 is 6.42. The lowest BCUT2D eigenvalue weighted by Gasteiger charge is -2.19. The second kappa shape index (κ2) is 8.13. The Morgan fingerprint density at radius 1 is 1.21 bits per heavy atom. The highest BCUT2D eigenvalue weighted by Gasteiger charge is 2.31. The minimum absolute atomic E-state index is 0.0488. The molecule has 1 aliphatic heterocycles. The average Bonchev–Trinajstić information content (AvgIpc) is 3.14. The van der Waals surface area contributed by atoms with Gasteiger partial charge in [-0.15, -0.1) is 0 Å². The third kappa shape index (κ3) is 3.65. The summed E-state index contributed by atoms with van der Waals surface area (Å²) in [6, 6.07) is 5.97. The van der Waals surface area contributed by atoms with E-state index in [0.717, 1.165) is 53.9 Å². The van der Waals surface area contributed by atoms with E-state index in [4.69, 9.17) is 11.6 Å². The maximum absolute atomic E-state index is 12.0. The zero-order chi connectivity index (χ0) is 16.9. The van der Waals surface area contributed by atoms with Crippen LogP contribution in [0.25, 0.3) is 11.3 Å². The van der Waals surface area contributed by atoms with Crippen LogP contribution in [0.4, 0.5) is 4.39 Å². The highest BCUT2D eigenvalue weighted by Crippen LogP contribution is 2.44. The molecule has 1 aliphatic rings. The minimum atomic E-state index is -0.367. The molecule has 0 aliphatic carbocycles. The van der Waals surface area contributed by atoms with Gasteiger partial charge in [0.25, 0.3) is 0 Å². The maximum atomic E-state index is 12.0. The van der Waals surface area contributed by atoms with Gasteiger partial charge in [-0.1, -0.05) is 49.4 Å². The number of aliphatic hydroxyl groups is 1. The quantitative estimate of drug-likeness (QED) is 0.634. The van der Waals surface area contributed by atoms with E-state index in [0.29, 0.717) is 12.8 Å². The van der Waals surface area contributed by atoms with Crippen molar-refractivity contribution in [2.45, 2.75) is 57.1 Å². The molecule has 1 aromatic heterocycles. The predicted octanol–water partition coefficient (Wildman–Crippen LogP) is 5.17. The van der Waals surface area contributed by atoms with Gasteiger partial charge in [-0.25, -0.2) is 4.98 Å². The summed E-state index contributed by atoms with van der Waals surface area (Å²) in [4.78, 5) is 4.24. The molecule has 0 bridgehead atoms. The summed E-state index contributed by atoms with van der Waals surface area (Å²) in [5.41, 5.74) is 3.28. The van der Waals surface area contributed by atoms with Crippen molar-refractivity contribution in [1.29, 1.82) is 0 Å². The fourth-order valence-electron chi connectivity index (χ4n) is 3.61. The van der Waals surface area contributed by atoms with Crippen LogP contribution in [-0.4, -0.2) is 27.4 Å². The van der Waals surface area contributed by atoms with Crippen LogP contribution in [0.1, 0.15) is 56.6 Å². The number of halogens is 2. The predicted molar refractivity (Wildman–Crippen MR) is 95.1 cm³/mol. The lowest BCUT2D eigenvalue weighted by atomic mass is 9.96. The Labute approximate surface area is 147 Å². The van der Waals surface area contributed by atoms with Gasteiger partial charge in [0, 0.05) is 16.1 Å². The molecule has 130 valence electrons. The van der Waals surface area contributed by atoms with Crippen molar-refractivity contribution in [3.63, 3.8) is 0 Å². The molecule has 1 N–H and O–H groups in total. The summed E-state index contributed by atoms with van der Waals surface area (Å²) in [6.07, 6.45) is 9.39. The molecular formula is C19H24ClFN2O. The van der Waals surface area contributed by atoms with Crippen molar-refractivity contribution < 1.29 is 9.50 Å². The summed E-state index contributed by atoms with van der Waals surface area (Å²) in [6.45, 7) is -0.224. The molecule has 0 amide bonds. The molecule has 0 spiro atoms. The number of alkyl halides is 1. The SMILES string of the molecule is OC(CCCCCCCF)CC1c2c(Cl)cccc2-c2cncn21. The lowest BCUT2D eigenvalue weighted by Crippen LogP contribution is -2.16. The fourth-order valence-corrected chi connectivity index (χ4v) is 3.91. The van der Waals surface area contributed by atoms with Crippen LogP contribution >= 0.6 is 11.6 Å². The first-order chi connectivity index (χ1) is 11.7. The van der Waals surface area contributed by atoms with Gasteiger partial charge in [0.05, 0.1) is 37.0 Å². The van der Waals surface area contributed by atoms with Crippen LogP contribution < -0.4 is 0 Å². The van der Waals surface area contributed by atoms with Crippen LogP contribution in [0.5, 0.6) is 0 Å². The van der Waals surface area contributed by atoms with Crippen LogP contribution in [0.2, 0.25) is 5.02 Å². The molecule has 24 heavy (non-hydrogen) atoms. The van der Waals surface area contributed by atoms with Gasteiger partial charge in [-0.3, -0.25) is 4.39 Å². The monoisotopic (exact) mass is 350 g/mol. The summed E-state index contributed by atoms with van der Waals surface area (Å²) in [5, 5.41) is 11.2. The van der Waals surface area contributed by atoms with E-state index in [-0.39, 0.29) is 18.8 Å². The Bertz CT molecular complexity index is 673. The second-order valence-corrected chi connectivity index (χ2v) is 6.95. The second-order valence-electron chi connectivity index (χ2n) is 6.54. The first-order valence-electron chi connectivity index (χ1n) is 8.77. The lowest BCUT2D eigenvalue weighted by molar-refractivity contribution is 0.138.